The van der Waals surface area contributed by atoms with Crippen LogP contribution in [0.5, 0.6) is 11.5 Å². The Hall–Kier alpha value is -2.57. The van der Waals surface area contributed by atoms with Gasteiger partial charge in [-0.25, -0.2) is 0 Å². The van der Waals surface area contributed by atoms with E-state index >= 15 is 0 Å². The van der Waals surface area contributed by atoms with Crippen LogP contribution in [0.2, 0.25) is 0 Å². The molecule has 0 radical (unpaired) electrons. The highest BCUT2D eigenvalue weighted by atomic mass is 19.3. The summed E-state index contributed by atoms with van der Waals surface area (Å²) in [6.07, 6.45) is 1.33. The van der Waals surface area contributed by atoms with Crippen molar-refractivity contribution >= 4 is 5.71 Å². The third-order valence-electron chi connectivity index (χ3n) is 4.82. The third-order valence-corrected chi connectivity index (χ3v) is 4.82. The van der Waals surface area contributed by atoms with Crippen molar-refractivity contribution in [2.24, 2.45) is 11.1 Å². The zero-order chi connectivity index (χ0) is 18.5. The SMILES string of the molecule is CC(C)C1=CC=C2C(=NON2CC(C)c2ccc3c(c2)OC(F)(F)O3)C1. The van der Waals surface area contributed by atoms with Gasteiger partial charge in [0.2, 0.25) is 0 Å². The van der Waals surface area contributed by atoms with Crippen LogP contribution < -0.4 is 9.47 Å². The van der Waals surface area contributed by atoms with E-state index in [2.05, 4.69) is 34.6 Å². The number of hydroxylamine groups is 2. The van der Waals surface area contributed by atoms with Crippen LogP contribution in [0, 0.1) is 5.92 Å². The molecule has 26 heavy (non-hydrogen) atoms. The molecule has 3 aliphatic rings. The quantitative estimate of drug-likeness (QED) is 0.786. The first-order chi connectivity index (χ1) is 12.3. The van der Waals surface area contributed by atoms with Crippen molar-refractivity contribution in [1.29, 1.82) is 0 Å². The van der Waals surface area contributed by atoms with Gasteiger partial charge in [0.15, 0.2) is 11.5 Å². The molecule has 4 rings (SSSR count). The lowest BCUT2D eigenvalue weighted by atomic mass is 9.92. The van der Waals surface area contributed by atoms with E-state index in [4.69, 9.17) is 4.94 Å². The summed E-state index contributed by atoms with van der Waals surface area (Å²) < 4.78 is 35.3. The van der Waals surface area contributed by atoms with Gasteiger partial charge in [0.1, 0.15) is 11.4 Å². The number of ether oxygens (including phenoxy) is 2. The summed E-state index contributed by atoms with van der Waals surface area (Å²) >= 11 is 0. The Kier molecular flexibility index (Phi) is 3.89. The molecule has 0 bridgehead atoms. The van der Waals surface area contributed by atoms with Gasteiger partial charge in [-0.15, -0.1) is 8.78 Å². The number of alkyl halides is 2. The number of hydrogen-bond acceptors (Lipinski definition) is 5. The van der Waals surface area contributed by atoms with Crippen LogP contribution in [0.3, 0.4) is 0 Å². The van der Waals surface area contributed by atoms with E-state index in [1.54, 1.807) is 17.2 Å². The van der Waals surface area contributed by atoms with E-state index in [0.29, 0.717) is 12.5 Å². The number of halogens is 2. The molecular weight excluding hydrogens is 342 g/mol. The molecule has 0 amide bonds. The summed E-state index contributed by atoms with van der Waals surface area (Å²) in [5.41, 5.74) is 4.06. The lowest BCUT2D eigenvalue weighted by Crippen LogP contribution is -2.26. The predicted molar refractivity (Wildman–Crippen MR) is 91.9 cm³/mol. The van der Waals surface area contributed by atoms with Gasteiger partial charge in [-0.2, -0.15) is 5.06 Å². The van der Waals surface area contributed by atoms with E-state index in [9.17, 15) is 8.78 Å². The summed E-state index contributed by atoms with van der Waals surface area (Å²) in [7, 11) is 0. The number of allylic oxidation sites excluding steroid dienone is 4. The van der Waals surface area contributed by atoms with Crippen molar-refractivity contribution in [2.45, 2.75) is 39.4 Å². The third kappa shape index (κ3) is 3.02. The second-order valence-corrected chi connectivity index (χ2v) is 7.08. The minimum absolute atomic E-state index is 0.0176. The first-order valence-corrected chi connectivity index (χ1v) is 8.65. The summed E-state index contributed by atoms with van der Waals surface area (Å²) in [6.45, 7) is 6.85. The number of benzene rings is 1. The second kappa shape index (κ2) is 6.00. The van der Waals surface area contributed by atoms with Crippen LogP contribution in [-0.4, -0.2) is 23.6 Å². The molecule has 2 aliphatic heterocycles. The van der Waals surface area contributed by atoms with E-state index in [0.717, 1.165) is 23.4 Å². The highest BCUT2D eigenvalue weighted by molar-refractivity contribution is 6.02. The number of fused-ring (bicyclic) bond motifs is 2. The molecule has 0 N–H and O–H groups in total. The molecule has 0 saturated heterocycles. The van der Waals surface area contributed by atoms with Gasteiger partial charge < -0.3 is 9.47 Å². The molecule has 1 aromatic carbocycles. The van der Waals surface area contributed by atoms with Gasteiger partial charge in [-0.1, -0.05) is 43.6 Å². The van der Waals surface area contributed by atoms with Crippen molar-refractivity contribution < 1.29 is 23.2 Å². The van der Waals surface area contributed by atoms with Gasteiger partial charge in [0.05, 0.1) is 6.54 Å². The van der Waals surface area contributed by atoms with Gasteiger partial charge in [-0.05, 0) is 29.7 Å². The van der Waals surface area contributed by atoms with Crippen molar-refractivity contribution in [3.63, 3.8) is 0 Å². The molecule has 7 heteroatoms. The Labute approximate surface area is 150 Å². The normalized spacial score (nSPS) is 21.0. The largest absolute Gasteiger partial charge is 0.586 e. The Morgan fingerprint density at radius 1 is 1.15 bits per heavy atom. The fraction of sp³-hybridized carbons (Fsp3) is 0.421. The van der Waals surface area contributed by atoms with E-state index in [1.807, 2.05) is 13.0 Å². The number of rotatable bonds is 4. The Balaban J connectivity index is 1.48. The first kappa shape index (κ1) is 16.9. The molecule has 138 valence electrons. The molecular formula is C19H20F2N2O3. The van der Waals surface area contributed by atoms with Crippen LogP contribution in [0.15, 0.2) is 46.8 Å². The fourth-order valence-electron chi connectivity index (χ4n) is 3.23. The standard InChI is InChI=1S/C19H20F2N2O3/c1-11(2)13-4-6-16-15(8-13)22-26-23(16)10-12(3)14-5-7-17-18(9-14)25-19(20,21)24-17/h4-7,9,11-12H,8,10H2,1-3H3. The van der Waals surface area contributed by atoms with E-state index in [1.165, 1.54) is 11.6 Å². The predicted octanol–water partition coefficient (Wildman–Crippen LogP) is 4.58. The summed E-state index contributed by atoms with van der Waals surface area (Å²) in [5, 5.41) is 5.93. The maximum atomic E-state index is 13.2. The number of nitrogens with zero attached hydrogens (tertiary/aromatic N) is 2. The molecule has 0 aromatic heterocycles. The van der Waals surface area contributed by atoms with Crippen LogP contribution in [0.4, 0.5) is 8.78 Å². The topological polar surface area (TPSA) is 43.3 Å². The summed E-state index contributed by atoms with van der Waals surface area (Å²) in [6, 6.07) is 4.86. The Morgan fingerprint density at radius 2 is 1.92 bits per heavy atom. The average Bonchev–Trinajstić information content (AvgIpc) is 3.12. The minimum atomic E-state index is -3.60. The highest BCUT2D eigenvalue weighted by Crippen LogP contribution is 2.42. The summed E-state index contributed by atoms with van der Waals surface area (Å²) in [4.78, 5) is 5.49. The molecule has 1 aliphatic carbocycles. The zero-order valence-electron chi connectivity index (χ0n) is 14.8. The lowest BCUT2D eigenvalue weighted by molar-refractivity contribution is -0.286. The number of oxime groups is 1. The zero-order valence-corrected chi connectivity index (χ0v) is 14.8. The molecule has 0 spiro atoms. The first-order valence-electron chi connectivity index (χ1n) is 8.65. The van der Waals surface area contributed by atoms with Crippen LogP contribution in [0.1, 0.15) is 38.7 Å². The van der Waals surface area contributed by atoms with Gasteiger partial charge in [0, 0.05) is 12.3 Å². The monoisotopic (exact) mass is 362 g/mol. The summed E-state index contributed by atoms with van der Waals surface area (Å²) in [5.74, 6) is 0.592. The Morgan fingerprint density at radius 3 is 2.69 bits per heavy atom. The lowest BCUT2D eigenvalue weighted by Gasteiger charge is -2.23. The van der Waals surface area contributed by atoms with Gasteiger partial charge >= 0.3 is 6.29 Å². The van der Waals surface area contributed by atoms with E-state index in [-0.39, 0.29) is 17.4 Å². The van der Waals surface area contributed by atoms with Crippen molar-refractivity contribution in [3.8, 4) is 11.5 Å². The average molecular weight is 362 g/mol. The maximum absolute atomic E-state index is 13.2. The minimum Gasteiger partial charge on any atom is -0.395 e. The molecule has 1 unspecified atom stereocenters. The molecule has 1 aromatic rings. The number of hydrogen-bond donors (Lipinski definition) is 0. The molecule has 0 fully saturated rings. The Bertz CT molecular complexity index is 830. The van der Waals surface area contributed by atoms with Crippen molar-refractivity contribution in [2.75, 3.05) is 6.54 Å². The highest BCUT2D eigenvalue weighted by Gasteiger charge is 2.43. The smallest absolute Gasteiger partial charge is 0.395 e. The van der Waals surface area contributed by atoms with Gasteiger partial charge in [-0.3, -0.25) is 4.94 Å². The fourth-order valence-corrected chi connectivity index (χ4v) is 3.23. The van der Waals surface area contributed by atoms with E-state index < -0.39 is 6.29 Å². The molecule has 2 heterocycles. The van der Waals surface area contributed by atoms with Crippen molar-refractivity contribution in [3.05, 3.63) is 47.2 Å². The van der Waals surface area contributed by atoms with Crippen LogP contribution >= 0.6 is 0 Å². The molecule has 0 saturated carbocycles. The molecule has 1 atom stereocenters. The van der Waals surface area contributed by atoms with Gasteiger partial charge in [0.25, 0.3) is 0 Å². The van der Waals surface area contributed by atoms with Crippen LogP contribution in [0.25, 0.3) is 0 Å². The van der Waals surface area contributed by atoms with Crippen LogP contribution in [-0.2, 0) is 4.94 Å². The second-order valence-electron chi connectivity index (χ2n) is 7.08. The maximum Gasteiger partial charge on any atom is 0.586 e. The van der Waals surface area contributed by atoms with Crippen molar-refractivity contribution in [1.82, 2.24) is 5.06 Å². The molecule has 5 nitrogen and oxygen atoms in total.